The van der Waals surface area contributed by atoms with Gasteiger partial charge in [-0.2, -0.15) is 5.21 Å². The number of amides is 1. The fourth-order valence-corrected chi connectivity index (χ4v) is 2.55. The molecular weight excluding hydrogens is 318 g/mol. The molecule has 0 aliphatic carbocycles. The number of anilines is 1. The predicted octanol–water partition coefficient (Wildman–Crippen LogP) is 2.48. The molecule has 1 heterocycles. The molecule has 0 bridgehead atoms. The Hall–Kier alpha value is -3.22. The van der Waals surface area contributed by atoms with Crippen LogP contribution in [0, 0.1) is 6.92 Å². The SMILES string of the molecule is COc1ccccc1NC(=O)C(Cc1ccc(C)cc1)c1nn[nH]n1. The second kappa shape index (κ2) is 7.57. The minimum atomic E-state index is -0.564. The highest BCUT2D eigenvalue weighted by atomic mass is 16.5. The number of rotatable bonds is 6. The Labute approximate surface area is 145 Å². The van der Waals surface area contributed by atoms with E-state index in [1.54, 1.807) is 19.2 Å². The zero-order chi connectivity index (χ0) is 17.6. The van der Waals surface area contributed by atoms with E-state index in [4.69, 9.17) is 4.74 Å². The van der Waals surface area contributed by atoms with Crippen molar-refractivity contribution in [1.82, 2.24) is 20.6 Å². The topological polar surface area (TPSA) is 92.8 Å². The molecule has 3 aromatic rings. The number of ether oxygens (including phenoxy) is 1. The van der Waals surface area contributed by atoms with Gasteiger partial charge in [-0.15, -0.1) is 10.2 Å². The second-order valence-corrected chi connectivity index (χ2v) is 5.70. The van der Waals surface area contributed by atoms with Crippen molar-refractivity contribution < 1.29 is 9.53 Å². The number of aromatic amines is 1. The number of nitrogens with one attached hydrogen (secondary N) is 2. The van der Waals surface area contributed by atoms with Gasteiger partial charge >= 0.3 is 0 Å². The third-order valence-corrected chi connectivity index (χ3v) is 3.92. The summed E-state index contributed by atoms with van der Waals surface area (Å²) in [5.41, 5.74) is 2.79. The number of para-hydroxylation sites is 2. The van der Waals surface area contributed by atoms with E-state index in [0.717, 1.165) is 5.56 Å². The Morgan fingerprint density at radius 2 is 1.96 bits per heavy atom. The van der Waals surface area contributed by atoms with Crippen molar-refractivity contribution in [3.63, 3.8) is 0 Å². The van der Waals surface area contributed by atoms with Gasteiger partial charge in [0.1, 0.15) is 11.7 Å². The average Bonchev–Trinajstić information content (AvgIpc) is 3.16. The molecule has 0 aliphatic rings. The zero-order valence-electron chi connectivity index (χ0n) is 14.1. The fraction of sp³-hybridized carbons (Fsp3) is 0.222. The first-order chi connectivity index (χ1) is 12.2. The predicted molar refractivity (Wildman–Crippen MR) is 93.4 cm³/mol. The van der Waals surface area contributed by atoms with E-state index in [0.29, 0.717) is 23.7 Å². The summed E-state index contributed by atoms with van der Waals surface area (Å²) >= 11 is 0. The van der Waals surface area contributed by atoms with Crippen molar-refractivity contribution in [2.24, 2.45) is 0 Å². The first kappa shape index (κ1) is 16.6. The minimum Gasteiger partial charge on any atom is -0.495 e. The molecule has 0 aliphatic heterocycles. The van der Waals surface area contributed by atoms with Crippen LogP contribution in [0.4, 0.5) is 5.69 Å². The Balaban J connectivity index is 1.84. The van der Waals surface area contributed by atoms with Crippen LogP contribution in [0.1, 0.15) is 22.9 Å². The molecule has 1 aromatic heterocycles. The molecule has 1 amide bonds. The number of tetrazole rings is 1. The van der Waals surface area contributed by atoms with Crippen molar-refractivity contribution >= 4 is 11.6 Å². The fourth-order valence-electron chi connectivity index (χ4n) is 2.55. The van der Waals surface area contributed by atoms with Crippen molar-refractivity contribution in [3.05, 3.63) is 65.5 Å². The molecule has 1 atom stereocenters. The van der Waals surface area contributed by atoms with Gasteiger partial charge in [-0.3, -0.25) is 4.79 Å². The highest BCUT2D eigenvalue weighted by Gasteiger charge is 2.26. The molecule has 3 rings (SSSR count). The number of benzene rings is 2. The van der Waals surface area contributed by atoms with Crippen molar-refractivity contribution in [3.8, 4) is 5.75 Å². The number of nitrogens with zero attached hydrogens (tertiary/aromatic N) is 3. The first-order valence-electron chi connectivity index (χ1n) is 7.90. The number of methoxy groups -OCH3 is 1. The minimum absolute atomic E-state index is 0.216. The molecule has 128 valence electrons. The average molecular weight is 337 g/mol. The third kappa shape index (κ3) is 4.00. The summed E-state index contributed by atoms with van der Waals surface area (Å²) < 4.78 is 5.28. The standard InChI is InChI=1S/C18H19N5O2/c1-12-7-9-13(10-8-12)11-14(17-20-22-23-21-17)18(24)19-15-5-3-4-6-16(15)25-2/h3-10,14H,11H2,1-2H3,(H,19,24)(H,20,21,22,23). The maximum Gasteiger partial charge on any atom is 0.235 e. The van der Waals surface area contributed by atoms with Crippen LogP contribution in [-0.4, -0.2) is 33.6 Å². The Kier molecular flexibility index (Phi) is 5.03. The maximum absolute atomic E-state index is 12.9. The van der Waals surface area contributed by atoms with Crippen molar-refractivity contribution in [2.45, 2.75) is 19.3 Å². The van der Waals surface area contributed by atoms with Crippen LogP contribution >= 0.6 is 0 Å². The van der Waals surface area contributed by atoms with Gasteiger partial charge in [0, 0.05) is 0 Å². The van der Waals surface area contributed by atoms with Gasteiger partial charge in [-0.25, -0.2) is 0 Å². The lowest BCUT2D eigenvalue weighted by Crippen LogP contribution is -2.24. The monoisotopic (exact) mass is 337 g/mol. The quantitative estimate of drug-likeness (QED) is 0.721. The van der Waals surface area contributed by atoms with E-state index < -0.39 is 5.92 Å². The van der Waals surface area contributed by atoms with Crippen LogP contribution in [0.15, 0.2) is 48.5 Å². The number of hydrogen-bond donors (Lipinski definition) is 2. The van der Waals surface area contributed by atoms with Gasteiger partial charge in [-0.05, 0) is 31.0 Å². The number of H-pyrrole nitrogens is 1. The van der Waals surface area contributed by atoms with Gasteiger partial charge in [0.2, 0.25) is 5.91 Å². The lowest BCUT2D eigenvalue weighted by molar-refractivity contribution is -0.117. The maximum atomic E-state index is 12.9. The summed E-state index contributed by atoms with van der Waals surface area (Å²) in [7, 11) is 1.56. The summed E-state index contributed by atoms with van der Waals surface area (Å²) in [5, 5.41) is 16.9. The molecule has 1 unspecified atom stereocenters. The van der Waals surface area contributed by atoms with Crippen LogP contribution in [0.3, 0.4) is 0 Å². The van der Waals surface area contributed by atoms with E-state index in [2.05, 4.69) is 25.9 Å². The van der Waals surface area contributed by atoms with E-state index >= 15 is 0 Å². The summed E-state index contributed by atoms with van der Waals surface area (Å²) in [6.45, 7) is 2.02. The smallest absolute Gasteiger partial charge is 0.235 e. The number of hydrogen-bond acceptors (Lipinski definition) is 5. The third-order valence-electron chi connectivity index (χ3n) is 3.92. The van der Waals surface area contributed by atoms with Gasteiger partial charge < -0.3 is 10.1 Å². The molecule has 0 spiro atoms. The summed E-state index contributed by atoms with van der Waals surface area (Å²) in [6, 6.07) is 15.3. The normalized spacial score (nSPS) is 11.8. The van der Waals surface area contributed by atoms with E-state index in [1.807, 2.05) is 43.3 Å². The van der Waals surface area contributed by atoms with Crippen LogP contribution in [-0.2, 0) is 11.2 Å². The molecule has 2 aromatic carbocycles. The molecule has 7 nitrogen and oxygen atoms in total. The number of aromatic nitrogens is 4. The molecule has 0 radical (unpaired) electrons. The molecule has 2 N–H and O–H groups in total. The Morgan fingerprint density at radius 1 is 1.20 bits per heavy atom. The lowest BCUT2D eigenvalue weighted by Gasteiger charge is -2.15. The van der Waals surface area contributed by atoms with Crippen LogP contribution in [0.2, 0.25) is 0 Å². The summed E-state index contributed by atoms with van der Waals surface area (Å²) in [5.74, 6) is 0.170. The van der Waals surface area contributed by atoms with E-state index in [-0.39, 0.29) is 5.91 Å². The Bertz CT molecular complexity index is 831. The highest BCUT2D eigenvalue weighted by molar-refractivity contribution is 5.96. The number of carbonyl (C=O) groups is 1. The molecule has 0 fully saturated rings. The van der Waals surface area contributed by atoms with Crippen LogP contribution in [0.25, 0.3) is 0 Å². The zero-order valence-corrected chi connectivity index (χ0v) is 14.1. The highest BCUT2D eigenvalue weighted by Crippen LogP contribution is 2.26. The van der Waals surface area contributed by atoms with E-state index in [9.17, 15) is 4.79 Å². The van der Waals surface area contributed by atoms with Crippen LogP contribution < -0.4 is 10.1 Å². The molecule has 0 saturated heterocycles. The first-order valence-corrected chi connectivity index (χ1v) is 7.90. The van der Waals surface area contributed by atoms with Crippen LogP contribution in [0.5, 0.6) is 5.75 Å². The van der Waals surface area contributed by atoms with Gasteiger partial charge in [-0.1, -0.05) is 47.2 Å². The van der Waals surface area contributed by atoms with Crippen molar-refractivity contribution in [2.75, 3.05) is 12.4 Å². The molecular formula is C18H19N5O2. The summed E-state index contributed by atoms with van der Waals surface area (Å²) in [4.78, 5) is 12.9. The number of aryl methyl sites for hydroxylation is 1. The number of carbonyl (C=O) groups excluding carboxylic acids is 1. The van der Waals surface area contributed by atoms with Gasteiger partial charge in [0.05, 0.1) is 12.8 Å². The lowest BCUT2D eigenvalue weighted by atomic mass is 9.97. The largest absolute Gasteiger partial charge is 0.495 e. The van der Waals surface area contributed by atoms with Gasteiger partial charge in [0.25, 0.3) is 0 Å². The van der Waals surface area contributed by atoms with E-state index in [1.165, 1.54) is 5.56 Å². The summed E-state index contributed by atoms with van der Waals surface area (Å²) in [6.07, 6.45) is 0.473. The van der Waals surface area contributed by atoms with Gasteiger partial charge in [0.15, 0.2) is 5.82 Å². The van der Waals surface area contributed by atoms with Crippen molar-refractivity contribution in [1.29, 1.82) is 0 Å². The molecule has 0 saturated carbocycles. The second-order valence-electron chi connectivity index (χ2n) is 5.70. The Morgan fingerprint density at radius 3 is 2.64 bits per heavy atom. The molecule has 7 heteroatoms. The molecule has 25 heavy (non-hydrogen) atoms.